The van der Waals surface area contributed by atoms with Crippen molar-refractivity contribution < 1.29 is 4.74 Å². The smallest absolute Gasteiger partial charge is 0.124 e. The fourth-order valence-corrected chi connectivity index (χ4v) is 2.05. The van der Waals surface area contributed by atoms with Crippen molar-refractivity contribution >= 4 is 5.69 Å². The molecule has 0 fully saturated rings. The minimum absolute atomic E-state index is 0.771. The zero-order valence-electron chi connectivity index (χ0n) is 12.1. The molecule has 0 bridgehead atoms. The molecule has 100 valence electrons. The summed E-state index contributed by atoms with van der Waals surface area (Å²) >= 11 is 0. The zero-order chi connectivity index (χ0) is 13.8. The molecule has 0 saturated heterocycles. The lowest BCUT2D eigenvalue weighted by molar-refractivity contribution is 0.410. The third-order valence-electron chi connectivity index (χ3n) is 3.43. The molecule has 2 nitrogen and oxygen atoms in total. The quantitative estimate of drug-likeness (QED) is 0.882. The second-order valence-electron chi connectivity index (χ2n) is 4.97. The molecule has 0 amide bonds. The second kappa shape index (κ2) is 5.79. The van der Waals surface area contributed by atoms with E-state index in [0.717, 1.165) is 18.0 Å². The van der Waals surface area contributed by atoms with Crippen molar-refractivity contribution in [3.63, 3.8) is 0 Å². The highest BCUT2D eigenvalue weighted by Crippen LogP contribution is 2.24. The Balaban J connectivity index is 2.14. The summed E-state index contributed by atoms with van der Waals surface area (Å²) < 4.78 is 5.45. The predicted molar refractivity (Wildman–Crippen MR) is 81.0 cm³/mol. The number of benzene rings is 2. The summed E-state index contributed by atoms with van der Waals surface area (Å²) in [7, 11) is 1.72. The molecule has 0 unspecified atom stereocenters. The molecule has 0 aliphatic rings. The number of methoxy groups -OCH3 is 1. The summed E-state index contributed by atoms with van der Waals surface area (Å²) in [6, 6.07) is 12.7. The highest BCUT2D eigenvalue weighted by atomic mass is 16.5. The van der Waals surface area contributed by atoms with E-state index in [-0.39, 0.29) is 0 Å². The highest BCUT2D eigenvalue weighted by molar-refractivity contribution is 5.48. The van der Waals surface area contributed by atoms with E-state index < -0.39 is 0 Å². The van der Waals surface area contributed by atoms with Gasteiger partial charge in [0.05, 0.1) is 7.11 Å². The molecule has 0 aliphatic heterocycles. The molecule has 2 heteroatoms. The Hall–Kier alpha value is -1.96. The van der Waals surface area contributed by atoms with E-state index in [1.165, 1.54) is 22.3 Å². The van der Waals surface area contributed by atoms with Crippen LogP contribution in [0.15, 0.2) is 36.4 Å². The lowest BCUT2D eigenvalue weighted by Gasteiger charge is -2.13. The van der Waals surface area contributed by atoms with Crippen LogP contribution in [0.2, 0.25) is 0 Å². The maximum Gasteiger partial charge on any atom is 0.124 e. The van der Waals surface area contributed by atoms with Gasteiger partial charge in [-0.3, -0.25) is 0 Å². The largest absolute Gasteiger partial charge is 0.496 e. The Labute approximate surface area is 115 Å². The Morgan fingerprint density at radius 1 is 0.947 bits per heavy atom. The maximum atomic E-state index is 5.45. The van der Waals surface area contributed by atoms with Gasteiger partial charge in [0.15, 0.2) is 0 Å². The summed E-state index contributed by atoms with van der Waals surface area (Å²) in [6.07, 6.45) is 0. The van der Waals surface area contributed by atoms with Crippen molar-refractivity contribution in [2.24, 2.45) is 0 Å². The van der Waals surface area contributed by atoms with Gasteiger partial charge in [0.2, 0.25) is 0 Å². The number of anilines is 1. The van der Waals surface area contributed by atoms with E-state index in [0.29, 0.717) is 0 Å². The van der Waals surface area contributed by atoms with Crippen LogP contribution >= 0.6 is 0 Å². The van der Waals surface area contributed by atoms with Crippen LogP contribution in [0.4, 0.5) is 5.69 Å². The molecular weight excluding hydrogens is 234 g/mol. The van der Waals surface area contributed by atoms with Gasteiger partial charge in [0.1, 0.15) is 5.75 Å². The third kappa shape index (κ3) is 3.28. The summed E-state index contributed by atoms with van der Waals surface area (Å²) in [6.45, 7) is 7.10. The molecule has 2 aromatic rings. The Morgan fingerprint density at radius 2 is 1.58 bits per heavy atom. The van der Waals surface area contributed by atoms with Gasteiger partial charge in [0.25, 0.3) is 0 Å². The van der Waals surface area contributed by atoms with Crippen molar-refractivity contribution in [3.8, 4) is 5.75 Å². The molecule has 0 atom stereocenters. The van der Waals surface area contributed by atoms with Gasteiger partial charge in [-0.1, -0.05) is 23.8 Å². The number of hydrogen-bond acceptors (Lipinski definition) is 2. The molecule has 0 aliphatic carbocycles. The van der Waals surface area contributed by atoms with Crippen LogP contribution in [0.1, 0.15) is 22.3 Å². The lowest BCUT2D eigenvalue weighted by atomic mass is 10.0. The van der Waals surface area contributed by atoms with E-state index >= 15 is 0 Å². The Morgan fingerprint density at radius 3 is 2.21 bits per heavy atom. The maximum absolute atomic E-state index is 5.45. The van der Waals surface area contributed by atoms with Gasteiger partial charge in [-0.15, -0.1) is 0 Å². The summed E-state index contributed by atoms with van der Waals surface area (Å²) in [4.78, 5) is 0. The van der Waals surface area contributed by atoms with Gasteiger partial charge >= 0.3 is 0 Å². The van der Waals surface area contributed by atoms with Gasteiger partial charge < -0.3 is 10.1 Å². The normalized spacial score (nSPS) is 10.3. The first kappa shape index (κ1) is 13.5. The third-order valence-corrected chi connectivity index (χ3v) is 3.43. The minimum Gasteiger partial charge on any atom is -0.496 e. The SMILES string of the molecule is COc1cc(C)c(C)cc1CNc1ccc(C)cc1. The van der Waals surface area contributed by atoms with E-state index in [1.54, 1.807) is 7.11 Å². The molecule has 0 radical (unpaired) electrons. The van der Waals surface area contributed by atoms with Gasteiger partial charge in [0, 0.05) is 17.8 Å². The monoisotopic (exact) mass is 255 g/mol. The van der Waals surface area contributed by atoms with Crippen LogP contribution in [0.3, 0.4) is 0 Å². The predicted octanol–water partition coefficient (Wildman–Crippen LogP) is 4.23. The molecular formula is C17H21NO. The standard InChI is InChI=1S/C17H21NO/c1-12-5-7-16(8-6-12)18-11-15-9-13(2)14(3)10-17(15)19-4/h5-10,18H,11H2,1-4H3. The van der Waals surface area contributed by atoms with Crippen LogP contribution < -0.4 is 10.1 Å². The average Bonchev–Trinajstić information content (AvgIpc) is 2.41. The van der Waals surface area contributed by atoms with Gasteiger partial charge in [-0.25, -0.2) is 0 Å². The zero-order valence-corrected chi connectivity index (χ0v) is 12.1. The molecule has 0 saturated carbocycles. The van der Waals surface area contributed by atoms with Crippen LogP contribution in [0.25, 0.3) is 0 Å². The molecule has 2 rings (SSSR count). The van der Waals surface area contributed by atoms with E-state index in [9.17, 15) is 0 Å². The number of rotatable bonds is 4. The van der Waals surface area contributed by atoms with Crippen molar-refractivity contribution in [3.05, 3.63) is 58.7 Å². The average molecular weight is 255 g/mol. The van der Waals surface area contributed by atoms with Gasteiger partial charge in [-0.05, 0) is 50.1 Å². The molecule has 0 spiro atoms. The highest BCUT2D eigenvalue weighted by Gasteiger charge is 2.05. The first-order chi connectivity index (χ1) is 9.10. The molecule has 2 aromatic carbocycles. The van der Waals surface area contributed by atoms with Crippen LogP contribution in [-0.2, 0) is 6.54 Å². The first-order valence-electron chi connectivity index (χ1n) is 6.55. The van der Waals surface area contributed by atoms with Crippen LogP contribution in [0.5, 0.6) is 5.75 Å². The van der Waals surface area contributed by atoms with Crippen molar-refractivity contribution in [2.75, 3.05) is 12.4 Å². The lowest BCUT2D eigenvalue weighted by Crippen LogP contribution is -2.03. The van der Waals surface area contributed by atoms with Crippen molar-refractivity contribution in [1.29, 1.82) is 0 Å². The fourth-order valence-electron chi connectivity index (χ4n) is 2.05. The number of ether oxygens (including phenoxy) is 1. The fraction of sp³-hybridized carbons (Fsp3) is 0.294. The van der Waals surface area contributed by atoms with E-state index in [4.69, 9.17) is 4.74 Å². The summed E-state index contributed by atoms with van der Waals surface area (Å²) in [5, 5.41) is 3.43. The van der Waals surface area contributed by atoms with Crippen molar-refractivity contribution in [1.82, 2.24) is 0 Å². The summed E-state index contributed by atoms with van der Waals surface area (Å²) in [5.74, 6) is 0.947. The van der Waals surface area contributed by atoms with E-state index in [2.05, 4.69) is 62.5 Å². The summed E-state index contributed by atoms with van der Waals surface area (Å²) in [5.41, 5.74) is 6.14. The molecule has 0 heterocycles. The van der Waals surface area contributed by atoms with Crippen molar-refractivity contribution in [2.45, 2.75) is 27.3 Å². The Kier molecular flexibility index (Phi) is 4.10. The first-order valence-corrected chi connectivity index (χ1v) is 6.55. The Bertz CT molecular complexity index is 558. The van der Waals surface area contributed by atoms with Gasteiger partial charge in [-0.2, -0.15) is 0 Å². The van der Waals surface area contributed by atoms with Crippen LogP contribution in [0, 0.1) is 20.8 Å². The number of hydrogen-bond donors (Lipinski definition) is 1. The molecule has 0 aromatic heterocycles. The second-order valence-corrected chi connectivity index (χ2v) is 4.97. The topological polar surface area (TPSA) is 21.3 Å². The molecule has 19 heavy (non-hydrogen) atoms. The van der Waals surface area contributed by atoms with Crippen LogP contribution in [-0.4, -0.2) is 7.11 Å². The number of nitrogens with one attached hydrogen (secondary N) is 1. The number of aryl methyl sites for hydroxylation is 3. The minimum atomic E-state index is 0.771. The molecule has 1 N–H and O–H groups in total. The van der Waals surface area contributed by atoms with E-state index in [1.807, 2.05) is 0 Å².